The van der Waals surface area contributed by atoms with Gasteiger partial charge in [-0.15, -0.1) is 0 Å². The number of nitrogens with zero attached hydrogens (tertiary/aromatic N) is 3. The summed E-state index contributed by atoms with van der Waals surface area (Å²) in [5.41, 5.74) is 7.05. The molecule has 2 saturated heterocycles. The van der Waals surface area contributed by atoms with E-state index in [-0.39, 0.29) is 46.8 Å². The van der Waals surface area contributed by atoms with Crippen molar-refractivity contribution in [3.05, 3.63) is 81.5 Å². The highest BCUT2D eigenvalue weighted by Crippen LogP contribution is 2.54. The van der Waals surface area contributed by atoms with Gasteiger partial charge in [-0.25, -0.2) is 4.98 Å². The molecule has 3 aliphatic heterocycles. The summed E-state index contributed by atoms with van der Waals surface area (Å²) in [6.07, 6.45) is 1.15. The number of para-hydroxylation sites is 1. The second kappa shape index (κ2) is 7.20. The molecule has 0 radical (unpaired) electrons. The highest BCUT2D eigenvalue weighted by molar-refractivity contribution is 6.08. The molecule has 2 amide bonds. The molecule has 4 aromatic rings. The van der Waals surface area contributed by atoms with Gasteiger partial charge in [0.2, 0.25) is 11.9 Å². The number of aromatic amines is 2. The Balaban J connectivity index is 1.39. The number of piperazine rings is 1. The summed E-state index contributed by atoms with van der Waals surface area (Å²) >= 11 is 0. The lowest BCUT2D eigenvalue weighted by Gasteiger charge is -2.35. The molecular weight excluding hydrogens is 476 g/mol. The number of imidazole rings is 1. The van der Waals surface area contributed by atoms with Crippen molar-refractivity contribution in [2.45, 2.75) is 24.0 Å². The maximum atomic E-state index is 13.8. The standard InChI is InChI=1S/C25H20N8O4/c26-24-31-18-17(20(36)32-24)29-22(30-18)25-10-16-19(35)27-15(9-11-5-7-12(34)8-6-11)21(37)33(16)23(25)28-14-4-2-1-3-13(14)25/h1-9,16,23,28,34H,10H2,(H,27,35)(H4,26,29,30,31,32,36)/b15-9+/t16-,23+,25-/m0/s1. The number of carbonyl (C=O) groups is 2. The number of anilines is 2. The number of carbonyl (C=O) groups excluding carboxylic acids is 2. The number of nitrogens with two attached hydrogens (primary N) is 1. The summed E-state index contributed by atoms with van der Waals surface area (Å²) in [5, 5.41) is 15.7. The maximum absolute atomic E-state index is 13.8. The number of H-pyrrole nitrogens is 2. The van der Waals surface area contributed by atoms with Gasteiger partial charge in [0.15, 0.2) is 11.2 Å². The summed E-state index contributed by atoms with van der Waals surface area (Å²) in [6.45, 7) is 0. The van der Waals surface area contributed by atoms with Crippen LogP contribution >= 0.6 is 0 Å². The minimum Gasteiger partial charge on any atom is -0.508 e. The molecule has 0 bridgehead atoms. The van der Waals surface area contributed by atoms with Crippen LogP contribution in [-0.4, -0.2) is 54.0 Å². The molecule has 12 heteroatoms. The van der Waals surface area contributed by atoms with Gasteiger partial charge in [-0.05, 0) is 41.8 Å². The van der Waals surface area contributed by atoms with Gasteiger partial charge in [-0.3, -0.25) is 19.4 Å². The van der Waals surface area contributed by atoms with Crippen molar-refractivity contribution < 1.29 is 14.7 Å². The van der Waals surface area contributed by atoms with Crippen molar-refractivity contribution in [2.75, 3.05) is 11.1 Å². The third-order valence-corrected chi connectivity index (χ3v) is 7.33. The molecule has 37 heavy (non-hydrogen) atoms. The number of aromatic nitrogens is 4. The Labute approximate surface area is 208 Å². The maximum Gasteiger partial charge on any atom is 0.278 e. The Bertz CT molecular complexity index is 1720. The topological polar surface area (TPSA) is 182 Å². The van der Waals surface area contributed by atoms with Gasteiger partial charge in [0, 0.05) is 5.69 Å². The van der Waals surface area contributed by atoms with E-state index in [1.807, 2.05) is 24.3 Å². The largest absolute Gasteiger partial charge is 0.508 e. The molecule has 0 saturated carbocycles. The lowest BCUT2D eigenvalue weighted by atomic mass is 9.77. The Morgan fingerprint density at radius 3 is 2.65 bits per heavy atom. The Kier molecular flexibility index (Phi) is 4.12. The number of benzene rings is 2. The molecule has 12 nitrogen and oxygen atoms in total. The predicted molar refractivity (Wildman–Crippen MR) is 133 cm³/mol. The third-order valence-electron chi connectivity index (χ3n) is 7.33. The molecule has 2 fully saturated rings. The zero-order valence-corrected chi connectivity index (χ0v) is 19.1. The first-order chi connectivity index (χ1) is 17.8. The highest BCUT2D eigenvalue weighted by Gasteiger charge is 2.64. The van der Waals surface area contributed by atoms with Gasteiger partial charge in [0.05, 0.1) is 5.41 Å². The Morgan fingerprint density at radius 1 is 1.05 bits per heavy atom. The van der Waals surface area contributed by atoms with Crippen molar-refractivity contribution in [1.29, 1.82) is 0 Å². The van der Waals surface area contributed by atoms with Crippen molar-refractivity contribution in [1.82, 2.24) is 30.2 Å². The average Bonchev–Trinajstić information content (AvgIpc) is 3.53. The second-order valence-corrected chi connectivity index (χ2v) is 9.37. The van der Waals surface area contributed by atoms with Gasteiger partial charge in [-0.2, -0.15) is 4.98 Å². The SMILES string of the molecule is Nc1nc2nc([C@@]34C[C@H]5C(=O)N/C(=C/c6ccc(O)cc6)C(=O)N5[C@H]3Nc3ccccc34)[nH]c2c(=O)[nH]1. The van der Waals surface area contributed by atoms with Crippen LogP contribution in [0.2, 0.25) is 0 Å². The fourth-order valence-corrected chi connectivity index (χ4v) is 5.74. The number of phenols is 1. The summed E-state index contributed by atoms with van der Waals surface area (Å²) in [7, 11) is 0. The molecule has 0 unspecified atom stereocenters. The van der Waals surface area contributed by atoms with Crippen LogP contribution < -0.4 is 21.9 Å². The fourth-order valence-electron chi connectivity index (χ4n) is 5.74. The zero-order chi connectivity index (χ0) is 25.5. The molecule has 0 aliphatic carbocycles. The molecular formula is C25H20N8O4. The van der Waals surface area contributed by atoms with Gasteiger partial charge < -0.3 is 31.4 Å². The smallest absolute Gasteiger partial charge is 0.278 e. The lowest BCUT2D eigenvalue weighted by Crippen LogP contribution is -2.58. The molecule has 184 valence electrons. The van der Waals surface area contributed by atoms with Crippen molar-refractivity contribution in [2.24, 2.45) is 0 Å². The van der Waals surface area contributed by atoms with Crippen LogP contribution in [0.4, 0.5) is 11.6 Å². The molecule has 3 atom stereocenters. The minimum absolute atomic E-state index is 0.0584. The first kappa shape index (κ1) is 21.2. The number of hydrogen-bond donors (Lipinski definition) is 6. The van der Waals surface area contributed by atoms with Crippen LogP contribution in [0.1, 0.15) is 23.4 Å². The van der Waals surface area contributed by atoms with E-state index in [4.69, 9.17) is 5.73 Å². The summed E-state index contributed by atoms with van der Waals surface area (Å²) in [4.78, 5) is 55.6. The normalized spacial score (nSPS) is 25.1. The number of fused-ring (bicyclic) bond motifs is 6. The van der Waals surface area contributed by atoms with E-state index in [0.29, 0.717) is 11.4 Å². The number of rotatable bonds is 2. The number of aromatic hydroxyl groups is 1. The third kappa shape index (κ3) is 2.86. The van der Waals surface area contributed by atoms with Crippen LogP contribution in [-0.2, 0) is 15.0 Å². The van der Waals surface area contributed by atoms with Gasteiger partial charge in [0.1, 0.15) is 29.5 Å². The quantitative estimate of drug-likeness (QED) is 0.220. The average molecular weight is 496 g/mol. The Hall–Kier alpha value is -5.13. The summed E-state index contributed by atoms with van der Waals surface area (Å²) in [5.74, 6) is -0.237. The van der Waals surface area contributed by atoms with Crippen LogP contribution in [0.3, 0.4) is 0 Å². The van der Waals surface area contributed by atoms with E-state index in [0.717, 1.165) is 11.3 Å². The lowest BCUT2D eigenvalue weighted by molar-refractivity contribution is -0.141. The van der Waals surface area contributed by atoms with E-state index >= 15 is 0 Å². The van der Waals surface area contributed by atoms with Gasteiger partial charge in [-0.1, -0.05) is 30.3 Å². The van der Waals surface area contributed by atoms with E-state index in [1.54, 1.807) is 23.1 Å². The molecule has 2 aromatic carbocycles. The van der Waals surface area contributed by atoms with Crippen LogP contribution in [0, 0.1) is 0 Å². The van der Waals surface area contributed by atoms with Crippen molar-refractivity contribution in [3.63, 3.8) is 0 Å². The molecule has 2 aromatic heterocycles. The number of hydrogen-bond acceptors (Lipinski definition) is 8. The number of phenolic OH excluding ortho intramolecular Hbond substituents is 1. The summed E-state index contributed by atoms with van der Waals surface area (Å²) in [6, 6.07) is 13.1. The van der Waals surface area contributed by atoms with Crippen LogP contribution in [0.15, 0.2) is 59.0 Å². The van der Waals surface area contributed by atoms with E-state index < -0.39 is 23.2 Å². The number of nitrogen functional groups attached to an aromatic ring is 1. The van der Waals surface area contributed by atoms with Gasteiger partial charge >= 0.3 is 0 Å². The fraction of sp³-hybridized carbons (Fsp3) is 0.160. The Morgan fingerprint density at radius 2 is 1.84 bits per heavy atom. The number of amides is 2. The first-order valence-corrected chi connectivity index (χ1v) is 11.6. The molecule has 5 heterocycles. The predicted octanol–water partition coefficient (Wildman–Crippen LogP) is 0.743. The summed E-state index contributed by atoms with van der Waals surface area (Å²) < 4.78 is 0. The minimum atomic E-state index is -0.954. The molecule has 7 N–H and O–H groups in total. The van der Waals surface area contributed by atoms with Crippen LogP contribution in [0.5, 0.6) is 5.75 Å². The first-order valence-electron chi connectivity index (χ1n) is 11.6. The van der Waals surface area contributed by atoms with E-state index in [9.17, 15) is 19.5 Å². The molecule has 0 spiro atoms. The van der Waals surface area contributed by atoms with Crippen molar-refractivity contribution >= 4 is 40.7 Å². The van der Waals surface area contributed by atoms with Crippen LogP contribution in [0.25, 0.3) is 17.2 Å². The zero-order valence-electron chi connectivity index (χ0n) is 19.1. The highest BCUT2D eigenvalue weighted by atomic mass is 16.3. The van der Waals surface area contributed by atoms with Gasteiger partial charge in [0.25, 0.3) is 11.5 Å². The van der Waals surface area contributed by atoms with E-state index in [2.05, 4.69) is 30.6 Å². The monoisotopic (exact) mass is 496 g/mol. The molecule has 7 rings (SSSR count). The van der Waals surface area contributed by atoms with E-state index in [1.165, 1.54) is 12.1 Å². The molecule has 3 aliphatic rings. The van der Waals surface area contributed by atoms with Crippen molar-refractivity contribution in [3.8, 4) is 5.75 Å². The number of nitrogens with one attached hydrogen (secondary N) is 4. The second-order valence-electron chi connectivity index (χ2n) is 9.37.